The van der Waals surface area contributed by atoms with Gasteiger partial charge in [-0.2, -0.15) is 0 Å². The first-order valence-electron chi connectivity index (χ1n) is 12.0. The summed E-state index contributed by atoms with van der Waals surface area (Å²) >= 11 is 0. The Morgan fingerprint density at radius 2 is 1.50 bits per heavy atom. The van der Waals surface area contributed by atoms with Crippen LogP contribution in [0.1, 0.15) is 96.8 Å². The number of rotatable bonds is 14. The maximum Gasteiger partial charge on any atom is 0.171 e. The number of allylic oxidation sites excluding steroid dienone is 4. The fraction of sp³-hybridized carbons (Fsp3) is 0.840. The number of hydrogen-bond donors (Lipinski definition) is 0. The first kappa shape index (κ1) is 23.6. The lowest BCUT2D eigenvalue weighted by atomic mass is 10.0. The molecule has 0 saturated carbocycles. The van der Waals surface area contributed by atoms with E-state index in [2.05, 4.69) is 43.2 Å². The van der Waals surface area contributed by atoms with E-state index in [1.54, 1.807) is 0 Å². The van der Waals surface area contributed by atoms with Crippen LogP contribution in [0.2, 0.25) is 0 Å². The molecule has 0 aromatic rings. The molecule has 1 unspecified atom stereocenters. The monoisotopic (exact) mass is 391 g/mol. The number of nitrogens with zero attached hydrogens (tertiary/aromatic N) is 1. The van der Waals surface area contributed by atoms with E-state index in [4.69, 9.17) is 9.47 Å². The lowest BCUT2D eigenvalue weighted by Gasteiger charge is -2.36. The molecule has 162 valence electrons. The largest absolute Gasteiger partial charge is 0.347 e. The van der Waals surface area contributed by atoms with Crippen molar-refractivity contribution in [1.29, 1.82) is 0 Å². The second-order valence-corrected chi connectivity index (χ2v) is 8.78. The van der Waals surface area contributed by atoms with Gasteiger partial charge in [-0.1, -0.05) is 69.8 Å². The van der Waals surface area contributed by atoms with Crippen LogP contribution in [0.5, 0.6) is 0 Å². The highest BCUT2D eigenvalue weighted by Gasteiger charge is 2.42. The van der Waals surface area contributed by atoms with E-state index >= 15 is 0 Å². The standard InChI is InChI=1S/C25H45NO2/c1-3-4-5-6-7-8-9-10-11-12-13-14-15-16-17-18-24-23-27-25(28-24)19-21-26(2)22-20-25/h7-8,10-11,24H,3-6,9,12-23H2,1-2H3/b8-7-,11-10-. The van der Waals surface area contributed by atoms with Gasteiger partial charge < -0.3 is 14.4 Å². The van der Waals surface area contributed by atoms with Crippen LogP contribution in [0, 0.1) is 0 Å². The second-order valence-electron chi connectivity index (χ2n) is 8.78. The molecule has 2 rings (SSSR count). The van der Waals surface area contributed by atoms with Crippen molar-refractivity contribution < 1.29 is 9.47 Å². The molecule has 2 saturated heterocycles. The molecule has 0 bridgehead atoms. The number of piperidine rings is 1. The minimum atomic E-state index is -0.242. The summed E-state index contributed by atoms with van der Waals surface area (Å²) in [6, 6.07) is 0. The van der Waals surface area contributed by atoms with E-state index < -0.39 is 0 Å². The topological polar surface area (TPSA) is 21.7 Å². The summed E-state index contributed by atoms with van der Waals surface area (Å²) in [4.78, 5) is 2.37. The summed E-state index contributed by atoms with van der Waals surface area (Å²) in [5.74, 6) is -0.242. The van der Waals surface area contributed by atoms with Crippen LogP contribution in [0.15, 0.2) is 24.3 Å². The Hall–Kier alpha value is -0.640. The molecule has 2 heterocycles. The lowest BCUT2D eigenvalue weighted by Crippen LogP contribution is -2.43. The van der Waals surface area contributed by atoms with Gasteiger partial charge in [0.25, 0.3) is 0 Å². The number of ether oxygens (including phenoxy) is 2. The minimum absolute atomic E-state index is 0.242. The third kappa shape index (κ3) is 9.71. The van der Waals surface area contributed by atoms with E-state index in [0.29, 0.717) is 6.10 Å². The lowest BCUT2D eigenvalue weighted by molar-refractivity contribution is -0.193. The average molecular weight is 392 g/mol. The van der Waals surface area contributed by atoms with Crippen LogP contribution in [-0.2, 0) is 9.47 Å². The Kier molecular flexibility index (Phi) is 12.1. The summed E-state index contributed by atoms with van der Waals surface area (Å²) in [7, 11) is 2.18. The number of unbranched alkanes of at least 4 members (excludes halogenated alkanes) is 8. The van der Waals surface area contributed by atoms with E-state index in [-0.39, 0.29) is 5.79 Å². The Balaban J connectivity index is 1.37. The molecule has 3 heteroatoms. The van der Waals surface area contributed by atoms with Crippen molar-refractivity contribution in [2.45, 2.75) is 109 Å². The van der Waals surface area contributed by atoms with Gasteiger partial charge in [-0.25, -0.2) is 0 Å². The van der Waals surface area contributed by atoms with Gasteiger partial charge in [-0.05, 0) is 45.6 Å². The molecule has 3 nitrogen and oxygen atoms in total. The molecule has 2 aliphatic rings. The summed E-state index contributed by atoms with van der Waals surface area (Å²) in [5.41, 5.74) is 0. The Labute approximate surface area is 174 Å². The quantitative estimate of drug-likeness (QED) is 0.245. The van der Waals surface area contributed by atoms with Crippen molar-refractivity contribution in [2.24, 2.45) is 0 Å². The zero-order valence-electron chi connectivity index (χ0n) is 18.7. The van der Waals surface area contributed by atoms with Gasteiger partial charge in [0.1, 0.15) is 0 Å². The van der Waals surface area contributed by atoms with E-state index in [1.807, 2.05) is 0 Å². The van der Waals surface area contributed by atoms with Gasteiger partial charge in [0.2, 0.25) is 0 Å². The van der Waals surface area contributed by atoms with Crippen molar-refractivity contribution in [3.63, 3.8) is 0 Å². The van der Waals surface area contributed by atoms with Gasteiger partial charge in [-0.3, -0.25) is 0 Å². The maximum absolute atomic E-state index is 6.29. The molecule has 0 aromatic heterocycles. The van der Waals surface area contributed by atoms with Gasteiger partial charge in [0.15, 0.2) is 5.79 Å². The number of hydrogen-bond acceptors (Lipinski definition) is 3. The fourth-order valence-corrected chi connectivity index (χ4v) is 4.16. The molecule has 28 heavy (non-hydrogen) atoms. The Morgan fingerprint density at radius 3 is 2.21 bits per heavy atom. The highest BCUT2D eigenvalue weighted by atomic mass is 16.7. The van der Waals surface area contributed by atoms with Crippen molar-refractivity contribution in [2.75, 3.05) is 26.7 Å². The van der Waals surface area contributed by atoms with Gasteiger partial charge >= 0.3 is 0 Å². The second kappa shape index (κ2) is 14.4. The summed E-state index contributed by atoms with van der Waals surface area (Å²) in [6.07, 6.45) is 27.2. The smallest absolute Gasteiger partial charge is 0.171 e. The molecule has 0 radical (unpaired) electrons. The first-order valence-corrected chi connectivity index (χ1v) is 12.0. The van der Waals surface area contributed by atoms with Gasteiger partial charge in [0, 0.05) is 25.9 Å². The highest BCUT2D eigenvalue weighted by Crippen LogP contribution is 2.35. The predicted molar refractivity (Wildman–Crippen MR) is 120 cm³/mol. The van der Waals surface area contributed by atoms with Crippen LogP contribution in [0.3, 0.4) is 0 Å². The zero-order valence-corrected chi connectivity index (χ0v) is 18.7. The summed E-state index contributed by atoms with van der Waals surface area (Å²) in [5, 5.41) is 0. The maximum atomic E-state index is 6.29. The molecule has 0 amide bonds. The van der Waals surface area contributed by atoms with Crippen LogP contribution < -0.4 is 0 Å². The Bertz CT molecular complexity index is 438. The summed E-state index contributed by atoms with van der Waals surface area (Å²) < 4.78 is 12.3. The van der Waals surface area contributed by atoms with Crippen LogP contribution in [0.4, 0.5) is 0 Å². The van der Waals surface area contributed by atoms with Crippen molar-refractivity contribution in [3.8, 4) is 0 Å². The zero-order chi connectivity index (χ0) is 19.9. The molecule has 0 aliphatic carbocycles. The highest BCUT2D eigenvalue weighted by molar-refractivity contribution is 4.92. The summed E-state index contributed by atoms with van der Waals surface area (Å²) in [6.45, 7) is 5.25. The molecule has 0 aromatic carbocycles. The first-order chi connectivity index (χ1) is 13.7. The van der Waals surface area contributed by atoms with E-state index in [0.717, 1.165) is 39.0 Å². The molecule has 1 spiro atoms. The van der Waals surface area contributed by atoms with Gasteiger partial charge in [-0.15, -0.1) is 0 Å². The van der Waals surface area contributed by atoms with E-state index in [1.165, 1.54) is 70.6 Å². The fourth-order valence-electron chi connectivity index (χ4n) is 4.16. The predicted octanol–water partition coefficient (Wildman–Crippen LogP) is 6.64. The SMILES string of the molecule is CCCCC/C=C\C/C=C\CCCCCCCC1COC2(CCN(C)CC2)O1. The average Bonchev–Trinajstić information content (AvgIpc) is 3.10. The van der Waals surface area contributed by atoms with Crippen molar-refractivity contribution >= 4 is 0 Å². The minimum Gasteiger partial charge on any atom is -0.347 e. The van der Waals surface area contributed by atoms with Crippen molar-refractivity contribution in [3.05, 3.63) is 24.3 Å². The molecule has 2 fully saturated rings. The van der Waals surface area contributed by atoms with Crippen molar-refractivity contribution in [1.82, 2.24) is 4.90 Å². The van der Waals surface area contributed by atoms with Crippen LogP contribution in [-0.4, -0.2) is 43.5 Å². The Morgan fingerprint density at radius 1 is 0.857 bits per heavy atom. The van der Waals surface area contributed by atoms with Crippen LogP contribution >= 0.6 is 0 Å². The molecule has 2 aliphatic heterocycles. The molecular weight excluding hydrogens is 346 g/mol. The van der Waals surface area contributed by atoms with E-state index in [9.17, 15) is 0 Å². The third-order valence-electron chi connectivity index (χ3n) is 6.14. The normalized spacial score (nSPS) is 22.9. The third-order valence-corrected chi connectivity index (χ3v) is 6.14. The number of likely N-dealkylation sites (tertiary alicyclic amines) is 1. The molecule has 1 atom stereocenters. The van der Waals surface area contributed by atoms with Gasteiger partial charge in [0.05, 0.1) is 12.7 Å². The molecular formula is C25H45NO2. The molecule has 0 N–H and O–H groups in total. The van der Waals surface area contributed by atoms with Crippen LogP contribution in [0.25, 0.3) is 0 Å².